The molecule has 1 fully saturated rings. The van der Waals surface area contributed by atoms with E-state index < -0.39 is 24.4 Å². The average Bonchev–Trinajstić information content (AvgIpc) is 3.14. The third kappa shape index (κ3) is 4.97. The van der Waals surface area contributed by atoms with E-state index in [-0.39, 0.29) is 18.9 Å². The second-order valence-corrected chi connectivity index (χ2v) is 7.51. The maximum atomic E-state index is 12.4. The summed E-state index contributed by atoms with van der Waals surface area (Å²) >= 11 is 0. The van der Waals surface area contributed by atoms with Crippen LogP contribution >= 0.6 is 0 Å². The lowest BCUT2D eigenvalue weighted by molar-refractivity contribution is -0.151. The number of nitrogens with one attached hydrogen (secondary N) is 1. The van der Waals surface area contributed by atoms with Gasteiger partial charge >= 0.3 is 5.97 Å². The van der Waals surface area contributed by atoms with E-state index in [1.807, 2.05) is 30.3 Å². The van der Waals surface area contributed by atoms with Crippen LogP contribution in [0.5, 0.6) is 5.75 Å². The molecule has 0 radical (unpaired) electrons. The van der Waals surface area contributed by atoms with Gasteiger partial charge in [-0.05, 0) is 35.7 Å². The molecular formula is C23H26N2O5. The van der Waals surface area contributed by atoms with Crippen molar-refractivity contribution in [3.8, 4) is 5.75 Å². The van der Waals surface area contributed by atoms with Crippen molar-refractivity contribution >= 4 is 29.2 Å². The van der Waals surface area contributed by atoms with Gasteiger partial charge in [0.25, 0.3) is 5.91 Å². The monoisotopic (exact) mass is 410 g/mol. The summed E-state index contributed by atoms with van der Waals surface area (Å²) in [6, 6.07) is 14.7. The minimum atomic E-state index is -0.625. The highest BCUT2D eigenvalue weighted by Crippen LogP contribution is 2.33. The summed E-state index contributed by atoms with van der Waals surface area (Å²) < 4.78 is 10.4. The topological polar surface area (TPSA) is 84.9 Å². The Balaban J connectivity index is 1.52. The van der Waals surface area contributed by atoms with E-state index in [1.165, 1.54) is 17.6 Å². The van der Waals surface area contributed by atoms with Gasteiger partial charge < -0.3 is 19.7 Å². The number of para-hydroxylation sites is 2. The van der Waals surface area contributed by atoms with Crippen LogP contribution in [0.3, 0.4) is 0 Å². The van der Waals surface area contributed by atoms with Crippen molar-refractivity contribution in [3.05, 3.63) is 54.1 Å². The molecule has 158 valence electrons. The predicted molar refractivity (Wildman–Crippen MR) is 114 cm³/mol. The molecule has 30 heavy (non-hydrogen) atoms. The molecule has 0 saturated carbocycles. The van der Waals surface area contributed by atoms with Crippen LogP contribution in [0.1, 0.15) is 31.7 Å². The average molecular weight is 410 g/mol. The molecule has 0 aromatic heterocycles. The fourth-order valence-corrected chi connectivity index (χ4v) is 3.35. The summed E-state index contributed by atoms with van der Waals surface area (Å²) in [7, 11) is 1.53. The molecule has 1 aliphatic rings. The lowest BCUT2D eigenvalue weighted by Crippen LogP contribution is -2.28. The van der Waals surface area contributed by atoms with Crippen molar-refractivity contribution in [2.75, 3.05) is 30.5 Å². The molecule has 2 aromatic rings. The highest BCUT2D eigenvalue weighted by Gasteiger charge is 2.37. The molecule has 2 aromatic carbocycles. The lowest BCUT2D eigenvalue weighted by atomic mass is 10.0. The van der Waals surface area contributed by atoms with Crippen LogP contribution in [-0.4, -0.2) is 38.0 Å². The molecule has 1 saturated heterocycles. The van der Waals surface area contributed by atoms with E-state index in [1.54, 1.807) is 18.2 Å². The molecule has 1 aliphatic heterocycles. The zero-order valence-electron chi connectivity index (χ0n) is 17.4. The van der Waals surface area contributed by atoms with Gasteiger partial charge in [-0.2, -0.15) is 0 Å². The van der Waals surface area contributed by atoms with Crippen molar-refractivity contribution in [2.45, 2.75) is 26.2 Å². The van der Waals surface area contributed by atoms with Gasteiger partial charge in [0.05, 0.1) is 18.7 Å². The van der Waals surface area contributed by atoms with Crippen LogP contribution in [0.25, 0.3) is 0 Å². The summed E-state index contributed by atoms with van der Waals surface area (Å²) in [4.78, 5) is 38.4. The quantitative estimate of drug-likeness (QED) is 0.708. The molecule has 0 unspecified atom stereocenters. The minimum Gasteiger partial charge on any atom is -0.495 e. The zero-order valence-corrected chi connectivity index (χ0v) is 17.4. The van der Waals surface area contributed by atoms with E-state index in [4.69, 9.17) is 9.47 Å². The van der Waals surface area contributed by atoms with E-state index in [0.717, 1.165) is 0 Å². The SMILES string of the molecule is COc1ccccc1N1C[C@@H](C(=O)OCC(=O)Nc2ccc(C(C)C)cc2)CC1=O. The van der Waals surface area contributed by atoms with Crippen molar-refractivity contribution in [1.82, 2.24) is 0 Å². The van der Waals surface area contributed by atoms with Crippen molar-refractivity contribution < 1.29 is 23.9 Å². The van der Waals surface area contributed by atoms with Crippen molar-refractivity contribution in [3.63, 3.8) is 0 Å². The second-order valence-electron chi connectivity index (χ2n) is 7.51. The smallest absolute Gasteiger partial charge is 0.311 e. The molecule has 7 nitrogen and oxygen atoms in total. The highest BCUT2D eigenvalue weighted by molar-refractivity contribution is 6.01. The Bertz CT molecular complexity index is 923. The molecule has 3 rings (SSSR count). The molecule has 1 heterocycles. The standard InChI is InChI=1S/C23H26N2O5/c1-15(2)16-8-10-18(11-9-16)24-21(26)14-30-23(28)17-12-22(27)25(13-17)19-6-4-5-7-20(19)29-3/h4-11,15,17H,12-14H2,1-3H3,(H,24,26)/t17-/m0/s1. The Morgan fingerprint density at radius 3 is 2.50 bits per heavy atom. The number of hydrogen-bond donors (Lipinski definition) is 1. The van der Waals surface area contributed by atoms with Gasteiger partial charge in [-0.1, -0.05) is 38.1 Å². The van der Waals surface area contributed by atoms with Gasteiger partial charge in [0, 0.05) is 18.7 Å². The zero-order chi connectivity index (χ0) is 21.7. The first-order chi connectivity index (χ1) is 14.4. The number of carbonyl (C=O) groups is 3. The summed E-state index contributed by atoms with van der Waals surface area (Å²) in [6.07, 6.45) is 0.0369. The van der Waals surface area contributed by atoms with Crippen molar-refractivity contribution in [2.24, 2.45) is 5.92 Å². The molecule has 0 bridgehead atoms. The Morgan fingerprint density at radius 1 is 1.13 bits per heavy atom. The van der Waals surface area contributed by atoms with Gasteiger partial charge in [0.1, 0.15) is 5.75 Å². The third-order valence-electron chi connectivity index (χ3n) is 5.04. The minimum absolute atomic E-state index is 0.0369. The van der Waals surface area contributed by atoms with Crippen LogP contribution < -0.4 is 15.0 Å². The number of amides is 2. The molecule has 2 amide bonds. The Labute approximate surface area is 176 Å². The van der Waals surface area contributed by atoms with Crippen LogP contribution in [0.2, 0.25) is 0 Å². The van der Waals surface area contributed by atoms with E-state index in [2.05, 4.69) is 19.2 Å². The first-order valence-electron chi connectivity index (χ1n) is 9.89. The van der Waals surface area contributed by atoms with Gasteiger partial charge in [-0.3, -0.25) is 14.4 Å². The van der Waals surface area contributed by atoms with E-state index >= 15 is 0 Å². The number of anilines is 2. The maximum Gasteiger partial charge on any atom is 0.311 e. The second kappa shape index (κ2) is 9.43. The molecule has 7 heteroatoms. The lowest BCUT2D eigenvalue weighted by Gasteiger charge is -2.19. The summed E-state index contributed by atoms with van der Waals surface area (Å²) in [5, 5.41) is 2.70. The first-order valence-corrected chi connectivity index (χ1v) is 9.89. The van der Waals surface area contributed by atoms with Crippen LogP contribution in [0.4, 0.5) is 11.4 Å². The number of nitrogens with zero attached hydrogens (tertiary/aromatic N) is 1. The number of esters is 1. The maximum absolute atomic E-state index is 12.4. The first kappa shape index (κ1) is 21.4. The Morgan fingerprint density at radius 2 is 1.83 bits per heavy atom. The van der Waals surface area contributed by atoms with Gasteiger partial charge in [0.2, 0.25) is 5.91 Å². The van der Waals surface area contributed by atoms with Crippen LogP contribution in [-0.2, 0) is 19.1 Å². The van der Waals surface area contributed by atoms with E-state index in [9.17, 15) is 14.4 Å². The number of methoxy groups -OCH3 is 1. The Kier molecular flexibility index (Phi) is 6.72. The van der Waals surface area contributed by atoms with Crippen LogP contribution in [0.15, 0.2) is 48.5 Å². The summed E-state index contributed by atoms with van der Waals surface area (Å²) in [5.41, 5.74) is 2.42. The molecule has 1 N–H and O–H groups in total. The normalized spacial score (nSPS) is 15.9. The van der Waals surface area contributed by atoms with E-state index in [0.29, 0.717) is 23.0 Å². The largest absolute Gasteiger partial charge is 0.495 e. The predicted octanol–water partition coefficient (Wildman–Crippen LogP) is 3.35. The fourth-order valence-electron chi connectivity index (χ4n) is 3.35. The van der Waals surface area contributed by atoms with Crippen molar-refractivity contribution in [1.29, 1.82) is 0 Å². The molecular weight excluding hydrogens is 384 g/mol. The number of ether oxygens (including phenoxy) is 2. The highest BCUT2D eigenvalue weighted by atomic mass is 16.5. The number of benzene rings is 2. The van der Waals surface area contributed by atoms with Crippen LogP contribution in [0, 0.1) is 5.92 Å². The van der Waals surface area contributed by atoms with Gasteiger partial charge in [-0.15, -0.1) is 0 Å². The summed E-state index contributed by atoms with van der Waals surface area (Å²) in [5.74, 6) is -0.836. The van der Waals surface area contributed by atoms with Gasteiger partial charge in [-0.25, -0.2) is 0 Å². The van der Waals surface area contributed by atoms with Gasteiger partial charge in [0.15, 0.2) is 6.61 Å². The molecule has 0 spiro atoms. The third-order valence-corrected chi connectivity index (χ3v) is 5.04. The number of carbonyl (C=O) groups excluding carboxylic acids is 3. The molecule has 0 aliphatic carbocycles. The fraction of sp³-hybridized carbons (Fsp3) is 0.348. The Hall–Kier alpha value is -3.35. The summed E-state index contributed by atoms with van der Waals surface area (Å²) in [6.45, 7) is 3.98. The number of hydrogen-bond acceptors (Lipinski definition) is 5. The number of rotatable bonds is 7. The molecule has 1 atom stereocenters.